The number of hydrogen-bond donors (Lipinski definition) is 1. The summed E-state index contributed by atoms with van der Waals surface area (Å²) in [4.78, 5) is 25.3. The van der Waals surface area contributed by atoms with Gasteiger partial charge in [0.2, 0.25) is 0 Å². The lowest BCUT2D eigenvalue weighted by Gasteiger charge is -2.16. The van der Waals surface area contributed by atoms with Gasteiger partial charge in [-0.05, 0) is 32.0 Å². The third-order valence-corrected chi connectivity index (χ3v) is 4.78. The van der Waals surface area contributed by atoms with Gasteiger partial charge >= 0.3 is 0 Å². The fourth-order valence-corrected chi connectivity index (χ4v) is 3.06. The first kappa shape index (κ1) is 19.1. The molecule has 1 N–H and O–H groups in total. The van der Waals surface area contributed by atoms with Crippen molar-refractivity contribution in [2.45, 2.75) is 20.4 Å². The normalized spacial score (nSPS) is 10.7. The van der Waals surface area contributed by atoms with Crippen molar-refractivity contribution in [2.24, 2.45) is 0 Å². The molecule has 7 heteroatoms. The van der Waals surface area contributed by atoms with Crippen LogP contribution >= 0.6 is 23.2 Å². The molecule has 138 valence electrons. The molecule has 1 heterocycles. The molecule has 0 atom stereocenters. The van der Waals surface area contributed by atoms with E-state index >= 15 is 0 Å². The number of rotatable bonds is 5. The number of ketones is 1. The maximum Gasteiger partial charge on any atom is 0.291 e. The number of nitrogens with one attached hydrogen (secondary N) is 1. The largest absolute Gasteiger partial charge is 0.350 e. The van der Waals surface area contributed by atoms with E-state index in [9.17, 15) is 9.59 Å². The predicted octanol–water partition coefficient (Wildman–Crippen LogP) is 5.18. The molecule has 0 saturated carbocycles. The molecule has 0 aliphatic carbocycles. The predicted molar refractivity (Wildman–Crippen MR) is 109 cm³/mol. The van der Waals surface area contributed by atoms with E-state index in [4.69, 9.17) is 23.2 Å². The van der Waals surface area contributed by atoms with Crippen LogP contribution in [0.1, 0.15) is 24.2 Å². The van der Waals surface area contributed by atoms with Gasteiger partial charge in [-0.1, -0.05) is 53.5 Å². The van der Waals surface area contributed by atoms with Crippen LogP contribution in [0.4, 0.5) is 11.4 Å². The van der Waals surface area contributed by atoms with Gasteiger partial charge in [0.25, 0.3) is 5.56 Å². The first-order valence-corrected chi connectivity index (χ1v) is 9.11. The zero-order valence-electron chi connectivity index (χ0n) is 14.8. The van der Waals surface area contributed by atoms with Gasteiger partial charge in [0.1, 0.15) is 11.4 Å². The van der Waals surface area contributed by atoms with Crippen molar-refractivity contribution in [1.29, 1.82) is 0 Å². The first-order chi connectivity index (χ1) is 12.9. The molecule has 0 unspecified atom stereocenters. The minimum atomic E-state index is -0.381. The van der Waals surface area contributed by atoms with Crippen molar-refractivity contribution in [1.82, 2.24) is 9.78 Å². The fraction of sp³-hybridized carbons (Fsp3) is 0.150. The van der Waals surface area contributed by atoms with Crippen molar-refractivity contribution >= 4 is 40.4 Å². The SMILES string of the molecule is CCn1nc(-c2ccccc2)c(C(C)=O)c(Nc2ccc(Cl)c(Cl)c2)c1=O. The minimum Gasteiger partial charge on any atom is -0.350 e. The maximum atomic E-state index is 12.9. The molecule has 0 aliphatic rings. The van der Waals surface area contributed by atoms with Crippen LogP contribution in [-0.4, -0.2) is 15.6 Å². The number of halogens is 2. The monoisotopic (exact) mass is 401 g/mol. The zero-order valence-corrected chi connectivity index (χ0v) is 16.3. The Morgan fingerprint density at radius 1 is 1.11 bits per heavy atom. The Kier molecular flexibility index (Phi) is 5.63. The summed E-state index contributed by atoms with van der Waals surface area (Å²) in [5.41, 5.74) is 1.78. The third kappa shape index (κ3) is 3.89. The van der Waals surface area contributed by atoms with Crippen LogP contribution in [0.3, 0.4) is 0 Å². The van der Waals surface area contributed by atoms with E-state index in [0.717, 1.165) is 5.56 Å². The number of aryl methyl sites for hydroxylation is 1. The molecule has 3 rings (SSSR count). The Labute approximate surface area is 166 Å². The van der Waals surface area contributed by atoms with E-state index in [2.05, 4.69) is 10.4 Å². The van der Waals surface area contributed by atoms with Gasteiger partial charge in [-0.15, -0.1) is 0 Å². The maximum absolute atomic E-state index is 12.9. The molecule has 3 aromatic rings. The average molecular weight is 402 g/mol. The number of benzene rings is 2. The third-order valence-electron chi connectivity index (χ3n) is 4.04. The number of anilines is 2. The second kappa shape index (κ2) is 7.94. The van der Waals surface area contributed by atoms with Crippen LogP contribution in [0.5, 0.6) is 0 Å². The Morgan fingerprint density at radius 3 is 2.41 bits per heavy atom. The summed E-state index contributed by atoms with van der Waals surface area (Å²) in [6.07, 6.45) is 0. The molecule has 0 fully saturated rings. The van der Waals surface area contributed by atoms with E-state index in [1.54, 1.807) is 18.2 Å². The fourth-order valence-electron chi connectivity index (χ4n) is 2.76. The number of carbonyl (C=O) groups is 1. The van der Waals surface area contributed by atoms with E-state index in [0.29, 0.717) is 28.0 Å². The average Bonchev–Trinajstić information content (AvgIpc) is 2.66. The molecule has 0 bridgehead atoms. The molecule has 5 nitrogen and oxygen atoms in total. The lowest BCUT2D eigenvalue weighted by atomic mass is 10.0. The second-order valence-electron chi connectivity index (χ2n) is 5.90. The molecule has 0 spiro atoms. The first-order valence-electron chi connectivity index (χ1n) is 8.36. The number of carbonyl (C=O) groups excluding carboxylic acids is 1. The molecular weight excluding hydrogens is 385 g/mol. The summed E-state index contributed by atoms with van der Waals surface area (Å²) in [6, 6.07) is 14.2. The summed E-state index contributed by atoms with van der Waals surface area (Å²) in [6.45, 7) is 3.60. The highest BCUT2D eigenvalue weighted by Crippen LogP contribution is 2.30. The zero-order chi connectivity index (χ0) is 19.6. The molecular formula is C20H17Cl2N3O2. The van der Waals surface area contributed by atoms with Gasteiger partial charge in [-0.3, -0.25) is 9.59 Å². The topological polar surface area (TPSA) is 64.0 Å². The quantitative estimate of drug-likeness (QED) is 0.597. The van der Waals surface area contributed by atoms with Gasteiger partial charge in [-0.2, -0.15) is 5.10 Å². The van der Waals surface area contributed by atoms with Crippen LogP contribution in [0.25, 0.3) is 11.3 Å². The van der Waals surface area contributed by atoms with E-state index in [1.165, 1.54) is 11.6 Å². The van der Waals surface area contributed by atoms with Crippen molar-refractivity contribution in [3.8, 4) is 11.3 Å². The summed E-state index contributed by atoms with van der Waals surface area (Å²) in [5, 5.41) is 8.20. The number of aromatic nitrogens is 2. The lowest BCUT2D eigenvalue weighted by Crippen LogP contribution is -2.28. The molecule has 1 aromatic heterocycles. The minimum absolute atomic E-state index is 0.164. The van der Waals surface area contributed by atoms with Crippen molar-refractivity contribution < 1.29 is 4.79 Å². The summed E-state index contributed by atoms with van der Waals surface area (Å²) in [7, 11) is 0. The van der Waals surface area contributed by atoms with E-state index < -0.39 is 0 Å². The van der Waals surface area contributed by atoms with Crippen LogP contribution in [-0.2, 0) is 6.54 Å². The Bertz CT molecular complexity index is 1060. The van der Waals surface area contributed by atoms with Gasteiger partial charge in [0.05, 0.1) is 15.6 Å². The van der Waals surface area contributed by atoms with Gasteiger partial charge in [0, 0.05) is 17.8 Å². The van der Waals surface area contributed by atoms with Crippen LogP contribution < -0.4 is 10.9 Å². The highest BCUT2D eigenvalue weighted by Gasteiger charge is 2.22. The van der Waals surface area contributed by atoms with Crippen LogP contribution in [0.15, 0.2) is 53.3 Å². The summed E-state index contributed by atoms with van der Waals surface area (Å²) >= 11 is 12.0. The molecule has 0 radical (unpaired) electrons. The lowest BCUT2D eigenvalue weighted by molar-refractivity contribution is 0.101. The Morgan fingerprint density at radius 2 is 1.81 bits per heavy atom. The molecule has 0 saturated heterocycles. The standard InChI is InChI=1S/C20H17Cl2N3O2/c1-3-25-20(27)19(23-14-9-10-15(21)16(22)11-14)17(12(2)26)18(24-25)13-7-5-4-6-8-13/h4-11,23H,3H2,1-2H3. The van der Waals surface area contributed by atoms with Gasteiger partial charge < -0.3 is 5.32 Å². The number of hydrogen-bond acceptors (Lipinski definition) is 4. The smallest absolute Gasteiger partial charge is 0.291 e. The van der Waals surface area contributed by atoms with E-state index in [1.807, 2.05) is 37.3 Å². The molecule has 0 amide bonds. The molecule has 27 heavy (non-hydrogen) atoms. The van der Waals surface area contributed by atoms with Crippen molar-refractivity contribution in [3.63, 3.8) is 0 Å². The number of Topliss-reactive ketones (excluding diaryl/α,β-unsaturated/α-hetero) is 1. The van der Waals surface area contributed by atoms with Crippen LogP contribution in [0, 0.1) is 0 Å². The molecule has 2 aromatic carbocycles. The number of nitrogens with zero attached hydrogens (tertiary/aromatic N) is 2. The summed E-state index contributed by atoms with van der Waals surface area (Å²) < 4.78 is 1.33. The Balaban J connectivity index is 2.26. The highest BCUT2D eigenvalue weighted by molar-refractivity contribution is 6.42. The van der Waals surface area contributed by atoms with Crippen molar-refractivity contribution in [3.05, 3.63) is 74.5 Å². The molecule has 0 aliphatic heterocycles. The van der Waals surface area contributed by atoms with Gasteiger partial charge in [0.15, 0.2) is 5.78 Å². The van der Waals surface area contributed by atoms with Crippen LogP contribution in [0.2, 0.25) is 10.0 Å². The second-order valence-corrected chi connectivity index (χ2v) is 6.71. The van der Waals surface area contributed by atoms with E-state index in [-0.39, 0.29) is 22.6 Å². The van der Waals surface area contributed by atoms with Gasteiger partial charge in [-0.25, -0.2) is 4.68 Å². The highest BCUT2D eigenvalue weighted by atomic mass is 35.5. The summed E-state index contributed by atoms with van der Waals surface area (Å²) in [5.74, 6) is -0.260. The van der Waals surface area contributed by atoms with Crippen molar-refractivity contribution in [2.75, 3.05) is 5.32 Å². The Hall–Kier alpha value is -2.63.